The number of carbonyl (C=O) groups is 1. The highest BCUT2D eigenvalue weighted by molar-refractivity contribution is 5.92. The van der Waals surface area contributed by atoms with E-state index in [4.69, 9.17) is 10.5 Å². The number of nitrogens with two attached hydrogens (primary N) is 1. The van der Waals surface area contributed by atoms with Gasteiger partial charge < -0.3 is 15.4 Å². The van der Waals surface area contributed by atoms with Crippen molar-refractivity contribution in [2.75, 3.05) is 30.3 Å². The first kappa shape index (κ1) is 14.7. The van der Waals surface area contributed by atoms with Gasteiger partial charge in [0.25, 0.3) is 0 Å². The van der Waals surface area contributed by atoms with Crippen LogP contribution in [0.4, 0.5) is 11.4 Å². The average molecular weight is 276 g/mol. The highest BCUT2D eigenvalue weighted by Gasteiger charge is 2.27. The highest BCUT2D eigenvalue weighted by Crippen LogP contribution is 2.34. The molecule has 1 aromatic carbocycles. The Morgan fingerprint density at radius 1 is 1.45 bits per heavy atom. The molecule has 0 aromatic heterocycles. The number of carbonyl (C=O) groups excluding carboxylic acids is 1. The second kappa shape index (κ2) is 5.73. The van der Waals surface area contributed by atoms with Gasteiger partial charge in [0.2, 0.25) is 0 Å². The molecule has 4 nitrogen and oxygen atoms in total. The Balaban J connectivity index is 2.26. The molecule has 4 heteroatoms. The van der Waals surface area contributed by atoms with Gasteiger partial charge in [0.05, 0.1) is 23.5 Å². The summed E-state index contributed by atoms with van der Waals surface area (Å²) in [6.45, 7) is 8.68. The Labute approximate surface area is 120 Å². The van der Waals surface area contributed by atoms with Gasteiger partial charge in [-0.2, -0.15) is 0 Å². The molecule has 0 saturated carbocycles. The van der Waals surface area contributed by atoms with Gasteiger partial charge in [0.1, 0.15) is 0 Å². The standard InChI is InChI=1S/C16H24N2O2/c1-4-20-15(19)12-6-7-13(17)14(10-12)18-9-5-8-16(2,3)11-18/h6-7,10H,4-5,8-9,11,17H2,1-3H3. The molecule has 110 valence electrons. The topological polar surface area (TPSA) is 55.6 Å². The van der Waals surface area contributed by atoms with Gasteiger partial charge in [0, 0.05) is 13.1 Å². The third-order valence-corrected chi connectivity index (χ3v) is 3.78. The fourth-order valence-corrected chi connectivity index (χ4v) is 2.79. The molecule has 0 amide bonds. The summed E-state index contributed by atoms with van der Waals surface area (Å²) in [7, 11) is 0. The minimum Gasteiger partial charge on any atom is -0.462 e. The fraction of sp³-hybridized carbons (Fsp3) is 0.562. The van der Waals surface area contributed by atoms with Gasteiger partial charge >= 0.3 is 5.97 Å². The minimum atomic E-state index is -0.287. The van der Waals surface area contributed by atoms with E-state index in [9.17, 15) is 4.79 Å². The number of rotatable bonds is 3. The molecule has 20 heavy (non-hydrogen) atoms. The molecule has 1 heterocycles. The van der Waals surface area contributed by atoms with Crippen LogP contribution in [-0.4, -0.2) is 25.7 Å². The normalized spacial score (nSPS) is 17.9. The van der Waals surface area contributed by atoms with Crippen LogP contribution in [0.1, 0.15) is 44.0 Å². The van der Waals surface area contributed by atoms with Crippen molar-refractivity contribution in [3.8, 4) is 0 Å². The van der Waals surface area contributed by atoms with E-state index in [1.165, 1.54) is 6.42 Å². The maximum absolute atomic E-state index is 11.8. The smallest absolute Gasteiger partial charge is 0.338 e. The van der Waals surface area contributed by atoms with E-state index in [1.807, 2.05) is 13.0 Å². The van der Waals surface area contributed by atoms with Crippen molar-refractivity contribution in [3.05, 3.63) is 23.8 Å². The first-order valence-electron chi connectivity index (χ1n) is 7.24. The van der Waals surface area contributed by atoms with E-state index in [1.54, 1.807) is 12.1 Å². The number of hydrogen-bond acceptors (Lipinski definition) is 4. The van der Waals surface area contributed by atoms with Crippen LogP contribution >= 0.6 is 0 Å². The Morgan fingerprint density at radius 3 is 2.85 bits per heavy atom. The zero-order valence-corrected chi connectivity index (χ0v) is 12.6. The maximum Gasteiger partial charge on any atom is 0.338 e. The van der Waals surface area contributed by atoms with Crippen LogP contribution < -0.4 is 10.6 Å². The summed E-state index contributed by atoms with van der Waals surface area (Å²) in [5.74, 6) is -0.287. The number of nitrogens with zero attached hydrogens (tertiary/aromatic N) is 1. The molecule has 1 aliphatic heterocycles. The molecular formula is C16H24N2O2. The van der Waals surface area contributed by atoms with E-state index in [0.29, 0.717) is 12.2 Å². The number of esters is 1. The first-order valence-corrected chi connectivity index (χ1v) is 7.24. The van der Waals surface area contributed by atoms with E-state index in [-0.39, 0.29) is 11.4 Å². The van der Waals surface area contributed by atoms with E-state index >= 15 is 0 Å². The van der Waals surface area contributed by atoms with Crippen LogP contribution in [0.2, 0.25) is 0 Å². The maximum atomic E-state index is 11.8. The molecule has 0 spiro atoms. The van der Waals surface area contributed by atoms with Gasteiger partial charge in [-0.15, -0.1) is 0 Å². The molecule has 2 rings (SSSR count). The fourth-order valence-electron chi connectivity index (χ4n) is 2.79. The van der Waals surface area contributed by atoms with Crippen LogP contribution in [0, 0.1) is 5.41 Å². The van der Waals surface area contributed by atoms with Gasteiger partial charge in [-0.05, 0) is 43.4 Å². The Morgan fingerprint density at radius 2 is 2.20 bits per heavy atom. The molecule has 1 fully saturated rings. The number of hydrogen-bond donors (Lipinski definition) is 1. The predicted molar refractivity (Wildman–Crippen MR) is 82.0 cm³/mol. The van der Waals surface area contributed by atoms with Crippen LogP contribution in [0.15, 0.2) is 18.2 Å². The molecular weight excluding hydrogens is 252 g/mol. The van der Waals surface area contributed by atoms with Crippen molar-refractivity contribution in [1.29, 1.82) is 0 Å². The van der Waals surface area contributed by atoms with Gasteiger partial charge in [-0.1, -0.05) is 13.8 Å². The molecule has 0 aliphatic carbocycles. The SMILES string of the molecule is CCOC(=O)c1ccc(N)c(N2CCCC(C)(C)C2)c1. The molecule has 1 saturated heterocycles. The lowest BCUT2D eigenvalue weighted by molar-refractivity contribution is 0.0526. The Kier molecular flexibility index (Phi) is 4.21. The quantitative estimate of drug-likeness (QED) is 0.681. The predicted octanol–water partition coefficient (Wildman–Crippen LogP) is 3.07. The number of ether oxygens (including phenoxy) is 1. The monoisotopic (exact) mass is 276 g/mol. The first-order chi connectivity index (χ1) is 9.43. The lowest BCUT2D eigenvalue weighted by Crippen LogP contribution is -2.40. The van der Waals surface area contributed by atoms with Gasteiger partial charge in [0.15, 0.2) is 0 Å². The van der Waals surface area contributed by atoms with Crippen molar-refractivity contribution in [2.24, 2.45) is 5.41 Å². The van der Waals surface area contributed by atoms with Gasteiger partial charge in [-0.3, -0.25) is 0 Å². The minimum absolute atomic E-state index is 0.282. The molecule has 0 bridgehead atoms. The summed E-state index contributed by atoms with van der Waals surface area (Å²) in [6, 6.07) is 5.38. The van der Waals surface area contributed by atoms with Crippen LogP contribution in [0.3, 0.4) is 0 Å². The average Bonchev–Trinajstić information content (AvgIpc) is 2.38. The van der Waals surface area contributed by atoms with Crippen molar-refractivity contribution in [3.63, 3.8) is 0 Å². The molecule has 2 N–H and O–H groups in total. The third-order valence-electron chi connectivity index (χ3n) is 3.78. The van der Waals surface area contributed by atoms with Crippen LogP contribution in [0.25, 0.3) is 0 Å². The zero-order chi connectivity index (χ0) is 14.8. The van der Waals surface area contributed by atoms with Gasteiger partial charge in [-0.25, -0.2) is 4.79 Å². The molecule has 1 aromatic rings. The van der Waals surface area contributed by atoms with E-state index in [0.717, 1.165) is 30.9 Å². The Bertz CT molecular complexity index is 497. The van der Waals surface area contributed by atoms with E-state index < -0.39 is 0 Å². The summed E-state index contributed by atoms with van der Waals surface area (Å²) in [4.78, 5) is 14.1. The molecule has 0 atom stereocenters. The van der Waals surface area contributed by atoms with Crippen molar-refractivity contribution < 1.29 is 9.53 Å². The van der Waals surface area contributed by atoms with E-state index in [2.05, 4.69) is 18.7 Å². The second-order valence-corrected chi connectivity index (χ2v) is 6.18. The molecule has 0 radical (unpaired) electrons. The molecule has 0 unspecified atom stereocenters. The number of nitrogen functional groups attached to an aromatic ring is 1. The van der Waals surface area contributed by atoms with Crippen LogP contribution in [-0.2, 0) is 4.74 Å². The number of benzene rings is 1. The third kappa shape index (κ3) is 3.24. The summed E-state index contributed by atoms with van der Waals surface area (Å²) in [6.07, 6.45) is 2.37. The summed E-state index contributed by atoms with van der Waals surface area (Å²) in [5, 5.41) is 0. The zero-order valence-electron chi connectivity index (χ0n) is 12.6. The van der Waals surface area contributed by atoms with Crippen LogP contribution in [0.5, 0.6) is 0 Å². The number of anilines is 2. The van der Waals surface area contributed by atoms with Crippen molar-refractivity contribution in [1.82, 2.24) is 0 Å². The number of piperidine rings is 1. The highest BCUT2D eigenvalue weighted by atomic mass is 16.5. The lowest BCUT2D eigenvalue weighted by Gasteiger charge is -2.40. The van der Waals surface area contributed by atoms with Crippen molar-refractivity contribution >= 4 is 17.3 Å². The summed E-state index contributed by atoms with van der Waals surface area (Å²) < 4.78 is 5.05. The lowest BCUT2D eigenvalue weighted by atomic mass is 9.84. The Hall–Kier alpha value is -1.71. The summed E-state index contributed by atoms with van der Waals surface area (Å²) >= 11 is 0. The second-order valence-electron chi connectivity index (χ2n) is 6.18. The summed E-state index contributed by atoms with van der Waals surface area (Å²) in [5.41, 5.74) is 8.61. The molecule has 1 aliphatic rings. The largest absolute Gasteiger partial charge is 0.462 e. The van der Waals surface area contributed by atoms with Crippen molar-refractivity contribution in [2.45, 2.75) is 33.6 Å².